The fourth-order valence-electron chi connectivity index (χ4n) is 1.62. The SMILES string of the molecule is c1cc2cc(NCc3csnn3)ccc2[nH]1. The van der Waals surface area contributed by atoms with E-state index in [4.69, 9.17) is 0 Å². The lowest BCUT2D eigenvalue weighted by Gasteiger charge is -2.03. The van der Waals surface area contributed by atoms with Crippen molar-refractivity contribution in [1.82, 2.24) is 14.6 Å². The molecule has 1 aromatic carbocycles. The summed E-state index contributed by atoms with van der Waals surface area (Å²) in [5.74, 6) is 0. The number of aromatic amines is 1. The van der Waals surface area contributed by atoms with Crippen LogP contribution in [0.1, 0.15) is 5.69 Å². The van der Waals surface area contributed by atoms with Gasteiger partial charge in [-0.1, -0.05) is 4.49 Å². The fourth-order valence-corrected chi connectivity index (χ4v) is 2.07. The van der Waals surface area contributed by atoms with Crippen molar-refractivity contribution in [2.24, 2.45) is 0 Å². The maximum atomic E-state index is 3.98. The molecule has 0 saturated carbocycles. The van der Waals surface area contributed by atoms with Gasteiger partial charge >= 0.3 is 0 Å². The van der Waals surface area contributed by atoms with Crippen molar-refractivity contribution in [2.45, 2.75) is 6.54 Å². The molecule has 3 rings (SSSR count). The molecule has 0 aliphatic carbocycles. The summed E-state index contributed by atoms with van der Waals surface area (Å²) < 4.78 is 3.82. The Bertz CT molecular complexity index is 585. The minimum Gasteiger partial charge on any atom is -0.379 e. The third-order valence-electron chi connectivity index (χ3n) is 2.43. The summed E-state index contributed by atoms with van der Waals surface area (Å²) in [6, 6.07) is 8.30. The van der Waals surface area contributed by atoms with Crippen molar-refractivity contribution in [3.63, 3.8) is 0 Å². The van der Waals surface area contributed by atoms with Gasteiger partial charge in [0.05, 0.1) is 12.2 Å². The number of nitrogens with one attached hydrogen (secondary N) is 2. The van der Waals surface area contributed by atoms with Crippen LogP contribution >= 0.6 is 11.5 Å². The summed E-state index contributed by atoms with van der Waals surface area (Å²) in [6.07, 6.45) is 1.94. The molecule has 0 aliphatic rings. The van der Waals surface area contributed by atoms with Crippen molar-refractivity contribution in [3.05, 3.63) is 41.5 Å². The van der Waals surface area contributed by atoms with E-state index in [1.54, 1.807) is 0 Å². The maximum absolute atomic E-state index is 3.98. The number of rotatable bonds is 3. The van der Waals surface area contributed by atoms with Crippen molar-refractivity contribution in [3.8, 4) is 0 Å². The molecule has 2 aromatic heterocycles. The summed E-state index contributed by atoms with van der Waals surface area (Å²) in [5, 5.41) is 10.5. The van der Waals surface area contributed by atoms with Gasteiger partial charge in [-0.25, -0.2) is 0 Å². The first kappa shape index (κ1) is 9.35. The molecule has 80 valence electrons. The number of H-pyrrole nitrogens is 1. The highest BCUT2D eigenvalue weighted by molar-refractivity contribution is 7.03. The molecule has 0 spiro atoms. The molecule has 0 radical (unpaired) electrons. The smallest absolute Gasteiger partial charge is 0.0946 e. The van der Waals surface area contributed by atoms with Crippen molar-refractivity contribution < 1.29 is 0 Å². The Labute approximate surface area is 96.5 Å². The van der Waals surface area contributed by atoms with Crippen LogP contribution in [-0.2, 0) is 6.54 Å². The topological polar surface area (TPSA) is 53.6 Å². The lowest BCUT2D eigenvalue weighted by atomic mass is 10.2. The molecule has 0 atom stereocenters. The van der Waals surface area contributed by atoms with E-state index in [0.29, 0.717) is 6.54 Å². The molecule has 0 aliphatic heterocycles. The predicted octanol–water partition coefficient (Wildman–Crippen LogP) is 2.63. The molecule has 0 unspecified atom stereocenters. The van der Waals surface area contributed by atoms with Crippen LogP contribution in [0.3, 0.4) is 0 Å². The molecule has 16 heavy (non-hydrogen) atoms. The first-order valence-corrected chi connectivity index (χ1v) is 5.82. The van der Waals surface area contributed by atoms with E-state index in [9.17, 15) is 0 Å². The van der Waals surface area contributed by atoms with Crippen LogP contribution in [-0.4, -0.2) is 14.6 Å². The maximum Gasteiger partial charge on any atom is 0.0946 e. The van der Waals surface area contributed by atoms with E-state index < -0.39 is 0 Å². The van der Waals surface area contributed by atoms with Crippen LogP contribution in [0.15, 0.2) is 35.8 Å². The molecule has 0 fully saturated rings. The van der Waals surface area contributed by atoms with Gasteiger partial charge in [-0.15, -0.1) is 5.10 Å². The minimum atomic E-state index is 0.715. The van der Waals surface area contributed by atoms with Gasteiger partial charge in [0.2, 0.25) is 0 Å². The average Bonchev–Trinajstić information content (AvgIpc) is 2.97. The van der Waals surface area contributed by atoms with Crippen LogP contribution in [0.5, 0.6) is 0 Å². The van der Waals surface area contributed by atoms with Gasteiger partial charge in [0.1, 0.15) is 0 Å². The number of benzene rings is 1. The molecule has 0 bridgehead atoms. The lowest BCUT2D eigenvalue weighted by molar-refractivity contribution is 0.999. The van der Waals surface area contributed by atoms with E-state index in [0.717, 1.165) is 16.9 Å². The summed E-state index contributed by atoms with van der Waals surface area (Å²) in [6.45, 7) is 0.715. The summed E-state index contributed by atoms with van der Waals surface area (Å²) >= 11 is 1.37. The molecule has 0 amide bonds. The zero-order valence-corrected chi connectivity index (χ0v) is 9.29. The zero-order valence-electron chi connectivity index (χ0n) is 8.47. The highest BCUT2D eigenvalue weighted by atomic mass is 32.1. The van der Waals surface area contributed by atoms with Gasteiger partial charge in [-0.05, 0) is 35.8 Å². The molecule has 0 saturated heterocycles. The molecule has 2 heterocycles. The Kier molecular flexibility index (Phi) is 2.30. The largest absolute Gasteiger partial charge is 0.379 e. The van der Waals surface area contributed by atoms with Crippen LogP contribution in [0.4, 0.5) is 5.69 Å². The number of aromatic nitrogens is 3. The standard InChI is InChI=1S/C11H10N4S/c1-2-11-8(3-4-12-11)5-9(1)13-6-10-7-16-15-14-10/h1-5,7,12-13H,6H2. The predicted molar refractivity (Wildman–Crippen MR) is 65.5 cm³/mol. The quantitative estimate of drug-likeness (QED) is 0.727. The monoisotopic (exact) mass is 230 g/mol. The van der Waals surface area contributed by atoms with Gasteiger partial charge in [0, 0.05) is 28.2 Å². The molecule has 4 nitrogen and oxygen atoms in total. The highest BCUT2D eigenvalue weighted by Crippen LogP contribution is 2.18. The Hall–Kier alpha value is -1.88. The summed E-state index contributed by atoms with van der Waals surface area (Å²) in [7, 11) is 0. The van der Waals surface area contributed by atoms with Crippen LogP contribution < -0.4 is 5.32 Å². The van der Waals surface area contributed by atoms with E-state index in [1.807, 2.05) is 11.6 Å². The Morgan fingerprint density at radius 1 is 1.31 bits per heavy atom. The number of fused-ring (bicyclic) bond motifs is 1. The van der Waals surface area contributed by atoms with Gasteiger partial charge in [0.25, 0.3) is 0 Å². The second kappa shape index (κ2) is 3.94. The third kappa shape index (κ3) is 1.77. The van der Waals surface area contributed by atoms with Crippen molar-refractivity contribution in [1.29, 1.82) is 0 Å². The summed E-state index contributed by atoms with van der Waals surface area (Å²) in [5.41, 5.74) is 3.22. The third-order valence-corrected chi connectivity index (χ3v) is 2.99. The molecular formula is C11H10N4S. The van der Waals surface area contributed by atoms with E-state index >= 15 is 0 Å². The molecule has 3 aromatic rings. The number of hydrogen-bond acceptors (Lipinski definition) is 4. The first-order chi connectivity index (χ1) is 7.92. The highest BCUT2D eigenvalue weighted by Gasteiger charge is 1.98. The first-order valence-electron chi connectivity index (χ1n) is 4.99. The zero-order chi connectivity index (χ0) is 10.8. The van der Waals surface area contributed by atoms with Gasteiger partial charge < -0.3 is 10.3 Å². The Balaban J connectivity index is 1.78. The summed E-state index contributed by atoms with van der Waals surface area (Å²) in [4.78, 5) is 3.17. The van der Waals surface area contributed by atoms with E-state index in [2.05, 4.69) is 44.2 Å². The molecule has 2 N–H and O–H groups in total. The molecular weight excluding hydrogens is 220 g/mol. The minimum absolute atomic E-state index is 0.715. The van der Waals surface area contributed by atoms with E-state index in [-0.39, 0.29) is 0 Å². The Morgan fingerprint density at radius 2 is 2.31 bits per heavy atom. The number of hydrogen-bond donors (Lipinski definition) is 2. The Morgan fingerprint density at radius 3 is 3.19 bits per heavy atom. The second-order valence-electron chi connectivity index (χ2n) is 3.53. The van der Waals surface area contributed by atoms with Crippen LogP contribution in [0.25, 0.3) is 10.9 Å². The van der Waals surface area contributed by atoms with Gasteiger partial charge in [-0.3, -0.25) is 0 Å². The normalized spacial score (nSPS) is 10.8. The molecule has 5 heteroatoms. The van der Waals surface area contributed by atoms with E-state index in [1.165, 1.54) is 16.9 Å². The number of anilines is 1. The van der Waals surface area contributed by atoms with Gasteiger partial charge in [0.15, 0.2) is 0 Å². The average molecular weight is 230 g/mol. The second-order valence-corrected chi connectivity index (χ2v) is 4.14. The lowest BCUT2D eigenvalue weighted by Crippen LogP contribution is -1.99. The van der Waals surface area contributed by atoms with Crippen LogP contribution in [0, 0.1) is 0 Å². The van der Waals surface area contributed by atoms with Crippen LogP contribution in [0.2, 0.25) is 0 Å². The number of nitrogens with zero attached hydrogens (tertiary/aromatic N) is 2. The van der Waals surface area contributed by atoms with Crippen molar-refractivity contribution >= 4 is 28.1 Å². The fraction of sp³-hybridized carbons (Fsp3) is 0.0909. The van der Waals surface area contributed by atoms with Crippen molar-refractivity contribution in [2.75, 3.05) is 5.32 Å². The van der Waals surface area contributed by atoms with Gasteiger partial charge in [-0.2, -0.15) is 0 Å².